The number of likely N-dealkylation sites (tertiary alicyclic amines) is 1. The van der Waals surface area contributed by atoms with Crippen LogP contribution in [0.5, 0.6) is 0 Å². The van der Waals surface area contributed by atoms with Crippen LogP contribution in [0.25, 0.3) is 0 Å². The van der Waals surface area contributed by atoms with Crippen LogP contribution in [-0.4, -0.2) is 42.1 Å². The summed E-state index contributed by atoms with van der Waals surface area (Å²) in [5, 5.41) is 5.75. The number of piperidine rings is 1. The van der Waals surface area contributed by atoms with Crippen LogP contribution in [0.3, 0.4) is 0 Å². The van der Waals surface area contributed by atoms with E-state index in [2.05, 4.69) is 34.5 Å². The van der Waals surface area contributed by atoms with Crippen LogP contribution < -0.4 is 10.6 Å². The minimum atomic E-state index is -0.176. The molecule has 1 atom stereocenters. The monoisotopic (exact) mass is 262 g/mol. The molecule has 1 unspecified atom stereocenters. The second-order valence-corrected chi connectivity index (χ2v) is 5.24. The molecule has 0 aromatic carbocycles. The molecule has 0 spiro atoms. The zero-order valence-electron chi connectivity index (χ0n) is 11.6. The van der Waals surface area contributed by atoms with Gasteiger partial charge in [-0.3, -0.25) is 5.32 Å². The van der Waals surface area contributed by atoms with E-state index in [0.717, 1.165) is 25.9 Å². The molecule has 2 N–H and O–H groups in total. The average molecular weight is 262 g/mol. The predicted octanol–water partition coefficient (Wildman–Crippen LogP) is 1.93. The third-order valence-electron chi connectivity index (χ3n) is 3.74. The molecule has 0 bridgehead atoms. The topological polar surface area (TPSA) is 57.3 Å². The Kier molecular flexibility index (Phi) is 4.74. The number of amides is 2. The Balaban J connectivity index is 1.78. The van der Waals surface area contributed by atoms with Gasteiger partial charge in [0.05, 0.1) is 0 Å². The highest BCUT2D eigenvalue weighted by Gasteiger charge is 2.23. The smallest absolute Gasteiger partial charge is 0.320 e. The summed E-state index contributed by atoms with van der Waals surface area (Å²) in [6.45, 7) is 4.30. The first-order valence-electron chi connectivity index (χ1n) is 6.82. The van der Waals surface area contributed by atoms with Crippen LogP contribution in [0.2, 0.25) is 0 Å². The number of hydrogen-bond acceptors (Lipinski definition) is 3. The highest BCUT2D eigenvalue weighted by molar-refractivity contribution is 5.88. The van der Waals surface area contributed by atoms with Crippen LogP contribution in [-0.2, 0) is 0 Å². The molecule has 5 heteroatoms. The number of pyridine rings is 1. The van der Waals surface area contributed by atoms with E-state index in [1.165, 1.54) is 0 Å². The Labute approximate surface area is 114 Å². The summed E-state index contributed by atoms with van der Waals surface area (Å²) in [7, 11) is 2.14. The van der Waals surface area contributed by atoms with Gasteiger partial charge in [0.2, 0.25) is 0 Å². The molecule has 1 fully saturated rings. The molecular weight excluding hydrogens is 240 g/mol. The number of nitrogens with one attached hydrogen (secondary N) is 2. The van der Waals surface area contributed by atoms with Crippen molar-refractivity contribution in [3.05, 3.63) is 24.4 Å². The summed E-state index contributed by atoms with van der Waals surface area (Å²) in [6.07, 6.45) is 3.94. The van der Waals surface area contributed by atoms with Crippen molar-refractivity contribution < 1.29 is 4.79 Å². The molecule has 0 saturated carbocycles. The van der Waals surface area contributed by atoms with Crippen molar-refractivity contribution in [2.75, 3.05) is 25.5 Å². The van der Waals surface area contributed by atoms with Gasteiger partial charge < -0.3 is 10.2 Å². The zero-order chi connectivity index (χ0) is 13.7. The number of anilines is 1. The summed E-state index contributed by atoms with van der Waals surface area (Å²) < 4.78 is 0. The van der Waals surface area contributed by atoms with Gasteiger partial charge >= 0.3 is 6.03 Å². The molecule has 0 radical (unpaired) electrons. The number of hydrogen-bond donors (Lipinski definition) is 2. The molecule has 2 heterocycles. The van der Waals surface area contributed by atoms with Crippen molar-refractivity contribution in [1.82, 2.24) is 15.2 Å². The van der Waals surface area contributed by atoms with Crippen LogP contribution in [0.1, 0.15) is 19.8 Å². The summed E-state index contributed by atoms with van der Waals surface area (Å²) >= 11 is 0. The number of nitrogens with zero attached hydrogens (tertiary/aromatic N) is 2. The summed E-state index contributed by atoms with van der Waals surface area (Å²) in [5.41, 5.74) is 0. The Morgan fingerprint density at radius 1 is 1.42 bits per heavy atom. The molecule has 0 aliphatic carbocycles. The minimum absolute atomic E-state index is 0.176. The van der Waals surface area contributed by atoms with E-state index < -0.39 is 0 Å². The third kappa shape index (κ3) is 4.21. The molecule has 5 nitrogen and oxygen atoms in total. The normalized spacial score (nSPS) is 18.8. The first-order valence-corrected chi connectivity index (χ1v) is 6.82. The molecule has 1 aliphatic rings. The lowest BCUT2D eigenvalue weighted by Gasteiger charge is -2.32. The van der Waals surface area contributed by atoms with E-state index in [1.54, 1.807) is 12.3 Å². The van der Waals surface area contributed by atoms with Crippen molar-refractivity contribution in [3.63, 3.8) is 0 Å². The largest absolute Gasteiger partial charge is 0.335 e. The lowest BCUT2D eigenvalue weighted by molar-refractivity contribution is 0.189. The highest BCUT2D eigenvalue weighted by atomic mass is 16.2. The highest BCUT2D eigenvalue weighted by Crippen LogP contribution is 2.19. The molecule has 19 heavy (non-hydrogen) atoms. The number of urea groups is 1. The molecule has 104 valence electrons. The van der Waals surface area contributed by atoms with E-state index in [1.807, 2.05) is 12.1 Å². The van der Waals surface area contributed by atoms with Crippen molar-refractivity contribution in [1.29, 1.82) is 0 Å². The van der Waals surface area contributed by atoms with Gasteiger partial charge in [-0.25, -0.2) is 9.78 Å². The molecule has 2 amide bonds. The maximum Gasteiger partial charge on any atom is 0.320 e. The van der Waals surface area contributed by atoms with Crippen molar-refractivity contribution in [3.8, 4) is 0 Å². The van der Waals surface area contributed by atoms with Crippen LogP contribution in [0.4, 0.5) is 10.6 Å². The van der Waals surface area contributed by atoms with Gasteiger partial charge in [-0.2, -0.15) is 0 Å². The van der Waals surface area contributed by atoms with E-state index >= 15 is 0 Å². The third-order valence-corrected chi connectivity index (χ3v) is 3.74. The van der Waals surface area contributed by atoms with Gasteiger partial charge in [0.15, 0.2) is 0 Å². The second kappa shape index (κ2) is 6.52. The van der Waals surface area contributed by atoms with Crippen LogP contribution in [0.15, 0.2) is 24.4 Å². The Morgan fingerprint density at radius 2 is 2.16 bits per heavy atom. The number of aromatic nitrogens is 1. The van der Waals surface area contributed by atoms with Gasteiger partial charge in [-0.15, -0.1) is 0 Å². The Morgan fingerprint density at radius 3 is 2.79 bits per heavy atom. The molecule has 1 aromatic rings. The average Bonchev–Trinajstić information content (AvgIpc) is 2.40. The number of carbonyl (C=O) groups is 1. The quantitative estimate of drug-likeness (QED) is 0.875. The summed E-state index contributed by atoms with van der Waals surface area (Å²) in [6, 6.07) is 5.47. The number of carbonyl (C=O) groups excluding carboxylic acids is 1. The lowest BCUT2D eigenvalue weighted by Crippen LogP contribution is -2.44. The molecule has 1 aromatic heterocycles. The second-order valence-electron chi connectivity index (χ2n) is 5.24. The van der Waals surface area contributed by atoms with Gasteiger partial charge in [0, 0.05) is 12.2 Å². The fraction of sp³-hybridized carbons (Fsp3) is 0.571. The van der Waals surface area contributed by atoms with Crippen molar-refractivity contribution in [2.45, 2.75) is 25.8 Å². The summed E-state index contributed by atoms with van der Waals surface area (Å²) in [5.74, 6) is 1.14. The van der Waals surface area contributed by atoms with E-state index in [-0.39, 0.29) is 12.1 Å². The molecule has 2 rings (SSSR count). The minimum Gasteiger partial charge on any atom is -0.335 e. The van der Waals surface area contributed by atoms with Gasteiger partial charge in [0.25, 0.3) is 0 Å². The van der Waals surface area contributed by atoms with E-state index in [0.29, 0.717) is 11.7 Å². The Hall–Kier alpha value is -1.62. The standard InChI is InChI=1S/C14H22N4O/c1-11(12-6-9-18(2)10-7-12)16-14(19)17-13-5-3-4-8-15-13/h3-5,8,11-12H,6-7,9-10H2,1-2H3,(H2,15,16,17,19). The fourth-order valence-corrected chi connectivity index (χ4v) is 2.44. The first kappa shape index (κ1) is 13.8. The maximum absolute atomic E-state index is 11.9. The lowest BCUT2D eigenvalue weighted by atomic mass is 9.91. The van der Waals surface area contributed by atoms with Gasteiger partial charge in [-0.05, 0) is 58.0 Å². The maximum atomic E-state index is 11.9. The van der Waals surface area contributed by atoms with Crippen LogP contribution in [0, 0.1) is 5.92 Å². The number of rotatable bonds is 3. The van der Waals surface area contributed by atoms with Crippen LogP contribution >= 0.6 is 0 Å². The van der Waals surface area contributed by atoms with E-state index in [9.17, 15) is 4.79 Å². The fourth-order valence-electron chi connectivity index (χ4n) is 2.44. The molecular formula is C14H22N4O. The van der Waals surface area contributed by atoms with Gasteiger partial charge in [-0.1, -0.05) is 6.07 Å². The molecule has 1 aliphatic heterocycles. The predicted molar refractivity (Wildman–Crippen MR) is 76.1 cm³/mol. The zero-order valence-corrected chi connectivity index (χ0v) is 11.6. The Bertz CT molecular complexity index is 401. The first-order chi connectivity index (χ1) is 9.15. The SMILES string of the molecule is CC(NC(=O)Nc1ccccn1)C1CCN(C)CC1. The van der Waals surface area contributed by atoms with Gasteiger partial charge in [0.1, 0.15) is 5.82 Å². The van der Waals surface area contributed by atoms with Crippen molar-refractivity contribution >= 4 is 11.8 Å². The summed E-state index contributed by atoms with van der Waals surface area (Å²) in [4.78, 5) is 18.3. The molecule has 1 saturated heterocycles. The van der Waals surface area contributed by atoms with Crippen molar-refractivity contribution in [2.24, 2.45) is 5.92 Å². The van der Waals surface area contributed by atoms with E-state index in [4.69, 9.17) is 0 Å².